The Hall–Kier alpha value is -1.35. The van der Waals surface area contributed by atoms with Gasteiger partial charge in [0.15, 0.2) is 0 Å². The Morgan fingerprint density at radius 1 is 1.65 bits per heavy atom. The molecule has 106 valence electrons. The highest BCUT2D eigenvalue weighted by Gasteiger charge is 2.16. The quantitative estimate of drug-likeness (QED) is 0.455. The lowest BCUT2D eigenvalue weighted by molar-refractivity contribution is 0.188. The van der Waals surface area contributed by atoms with Crippen LogP contribution in [0.1, 0.15) is 6.42 Å². The van der Waals surface area contributed by atoms with Crippen molar-refractivity contribution in [2.45, 2.75) is 19.0 Å². The molecule has 0 unspecified atom stereocenters. The van der Waals surface area contributed by atoms with Gasteiger partial charge in [-0.1, -0.05) is 17.7 Å². The molecule has 0 fully saturated rings. The Balaban J connectivity index is 2.35. The van der Waals surface area contributed by atoms with Crippen LogP contribution in [0.2, 0.25) is 5.15 Å². The predicted molar refractivity (Wildman–Crippen MR) is 85.0 cm³/mol. The summed E-state index contributed by atoms with van der Waals surface area (Å²) in [5.74, 6) is 0. The number of carbonyl (C=O) groups is 1. The van der Waals surface area contributed by atoms with Gasteiger partial charge in [0.25, 0.3) is 0 Å². The minimum atomic E-state index is -1.06. The van der Waals surface area contributed by atoms with E-state index < -0.39 is 6.09 Å². The molecule has 0 aliphatic carbocycles. The van der Waals surface area contributed by atoms with Gasteiger partial charge in [-0.15, -0.1) is 6.58 Å². The van der Waals surface area contributed by atoms with E-state index in [4.69, 9.17) is 16.7 Å². The number of aromatic nitrogens is 3. The number of hydrogen-bond acceptors (Lipinski definition) is 3. The highest BCUT2D eigenvalue weighted by molar-refractivity contribution is 14.1. The van der Waals surface area contributed by atoms with E-state index in [2.05, 4.69) is 44.5 Å². The molecular weight excluding hydrogens is 395 g/mol. The maximum atomic E-state index is 10.8. The minimum Gasteiger partial charge on any atom is -0.465 e. The Kier molecular flexibility index (Phi) is 4.81. The third kappa shape index (κ3) is 3.21. The van der Waals surface area contributed by atoms with E-state index >= 15 is 0 Å². The fraction of sp³-hybridized carbons (Fsp3) is 0.250. The monoisotopic (exact) mass is 406 g/mol. The number of halogens is 2. The van der Waals surface area contributed by atoms with E-state index in [-0.39, 0.29) is 6.04 Å². The number of nitrogens with zero attached hydrogens (tertiary/aromatic N) is 3. The second kappa shape index (κ2) is 6.40. The number of rotatable bonds is 5. The average molecular weight is 407 g/mol. The molecule has 6 nitrogen and oxygen atoms in total. The number of hydrogen-bond donors (Lipinski definition) is 2. The molecule has 20 heavy (non-hydrogen) atoms. The summed E-state index contributed by atoms with van der Waals surface area (Å²) in [5.41, 5.74) is 0.690. The Bertz CT molecular complexity index is 658. The molecule has 1 amide bonds. The van der Waals surface area contributed by atoms with E-state index in [0.29, 0.717) is 23.8 Å². The van der Waals surface area contributed by atoms with Crippen LogP contribution in [0.25, 0.3) is 11.0 Å². The highest BCUT2D eigenvalue weighted by atomic mass is 127. The molecule has 2 heterocycles. The first-order valence-corrected chi connectivity index (χ1v) is 7.23. The molecular formula is C12H12ClIN4O2. The molecule has 0 saturated heterocycles. The van der Waals surface area contributed by atoms with Gasteiger partial charge in [0.2, 0.25) is 0 Å². The zero-order valence-electron chi connectivity index (χ0n) is 10.4. The van der Waals surface area contributed by atoms with Gasteiger partial charge in [0, 0.05) is 16.3 Å². The van der Waals surface area contributed by atoms with Gasteiger partial charge in [-0.05, 0) is 29.0 Å². The minimum absolute atomic E-state index is 0.273. The van der Waals surface area contributed by atoms with E-state index in [1.807, 2.05) is 10.8 Å². The lowest BCUT2D eigenvalue weighted by atomic mass is 10.2. The summed E-state index contributed by atoms with van der Waals surface area (Å²) < 4.78 is 2.80. The van der Waals surface area contributed by atoms with Gasteiger partial charge in [-0.3, -0.25) is 0 Å². The van der Waals surface area contributed by atoms with Crippen LogP contribution in [0.3, 0.4) is 0 Å². The Morgan fingerprint density at radius 3 is 3.05 bits per heavy atom. The third-order valence-corrected chi connectivity index (χ3v) is 3.86. The summed E-state index contributed by atoms with van der Waals surface area (Å²) in [5, 5.41) is 12.5. The first-order valence-electron chi connectivity index (χ1n) is 5.78. The molecule has 0 bridgehead atoms. The zero-order valence-corrected chi connectivity index (χ0v) is 13.3. The number of amides is 1. The van der Waals surface area contributed by atoms with E-state index in [1.165, 1.54) is 6.33 Å². The second-order valence-corrected chi connectivity index (χ2v) is 5.68. The summed E-state index contributed by atoms with van der Waals surface area (Å²) in [6, 6.07) is -0.273. The van der Waals surface area contributed by atoms with Crippen molar-refractivity contribution in [2.24, 2.45) is 0 Å². The lowest BCUT2D eigenvalue weighted by Gasteiger charge is -2.16. The maximum Gasteiger partial charge on any atom is 0.404 e. The first-order chi connectivity index (χ1) is 9.52. The zero-order chi connectivity index (χ0) is 14.7. The van der Waals surface area contributed by atoms with Crippen molar-refractivity contribution in [3.63, 3.8) is 0 Å². The molecule has 8 heteroatoms. The molecule has 2 N–H and O–H groups in total. The molecule has 2 aromatic rings. The molecule has 0 aliphatic rings. The molecule has 1 atom stereocenters. The van der Waals surface area contributed by atoms with Crippen molar-refractivity contribution in [3.8, 4) is 0 Å². The van der Waals surface area contributed by atoms with Gasteiger partial charge < -0.3 is 15.0 Å². The van der Waals surface area contributed by atoms with Crippen LogP contribution < -0.4 is 5.32 Å². The predicted octanol–water partition coefficient (Wildman–Crippen LogP) is 2.90. The fourth-order valence-corrected chi connectivity index (χ4v) is 3.20. The second-order valence-electron chi connectivity index (χ2n) is 4.16. The van der Waals surface area contributed by atoms with Crippen LogP contribution in [-0.4, -0.2) is 31.8 Å². The van der Waals surface area contributed by atoms with Crippen molar-refractivity contribution in [3.05, 3.63) is 33.9 Å². The van der Waals surface area contributed by atoms with Crippen molar-refractivity contribution in [2.75, 3.05) is 0 Å². The molecule has 2 aromatic heterocycles. The molecule has 0 aliphatic heterocycles. The SMILES string of the molecule is C=CC[C@@H](Cn1cc(I)c2c(Cl)ncnc21)NC(=O)O. The van der Waals surface area contributed by atoms with Gasteiger partial charge in [0.05, 0.1) is 11.4 Å². The molecule has 0 aromatic carbocycles. The van der Waals surface area contributed by atoms with E-state index in [0.717, 1.165) is 8.96 Å². The fourth-order valence-electron chi connectivity index (χ4n) is 1.97. The number of nitrogens with one attached hydrogen (secondary N) is 1. The van der Waals surface area contributed by atoms with Gasteiger partial charge >= 0.3 is 6.09 Å². The molecule has 0 radical (unpaired) electrons. The van der Waals surface area contributed by atoms with Gasteiger partial charge in [0.1, 0.15) is 17.1 Å². The number of carboxylic acid groups (broad SMARTS) is 1. The summed E-state index contributed by atoms with van der Waals surface area (Å²) in [7, 11) is 0. The summed E-state index contributed by atoms with van der Waals surface area (Å²) in [6.45, 7) is 4.09. The first kappa shape index (κ1) is 15.0. The molecule has 0 saturated carbocycles. The summed E-state index contributed by atoms with van der Waals surface area (Å²) >= 11 is 8.22. The Labute approximate surface area is 134 Å². The smallest absolute Gasteiger partial charge is 0.404 e. The van der Waals surface area contributed by atoms with Crippen molar-refractivity contribution >= 4 is 51.3 Å². The highest BCUT2D eigenvalue weighted by Crippen LogP contribution is 2.26. The van der Waals surface area contributed by atoms with Crippen molar-refractivity contribution in [1.29, 1.82) is 0 Å². The number of fused-ring (bicyclic) bond motifs is 1. The maximum absolute atomic E-state index is 10.8. The van der Waals surface area contributed by atoms with Gasteiger partial charge in [-0.25, -0.2) is 14.8 Å². The standard InChI is InChI=1S/C12H12ClIN4O2/c1-2-3-7(17-12(19)20)4-18-5-8(14)9-10(13)15-6-16-11(9)18/h2,5-7,17H,1,3-4H2,(H,19,20)/t7-/m0/s1. The van der Waals surface area contributed by atoms with Crippen molar-refractivity contribution < 1.29 is 9.90 Å². The van der Waals surface area contributed by atoms with Crippen LogP contribution >= 0.6 is 34.2 Å². The van der Waals surface area contributed by atoms with Crippen LogP contribution in [0.5, 0.6) is 0 Å². The average Bonchev–Trinajstić information content (AvgIpc) is 2.67. The topological polar surface area (TPSA) is 80.0 Å². The molecule has 0 spiro atoms. The van der Waals surface area contributed by atoms with Crippen LogP contribution in [0, 0.1) is 3.57 Å². The molecule has 2 rings (SSSR count). The lowest BCUT2D eigenvalue weighted by Crippen LogP contribution is -2.36. The van der Waals surface area contributed by atoms with Crippen molar-refractivity contribution in [1.82, 2.24) is 19.9 Å². The summed E-state index contributed by atoms with van der Waals surface area (Å²) in [6.07, 6.45) is 4.42. The summed E-state index contributed by atoms with van der Waals surface area (Å²) in [4.78, 5) is 19.0. The third-order valence-electron chi connectivity index (χ3n) is 2.76. The van der Waals surface area contributed by atoms with Crippen LogP contribution in [-0.2, 0) is 6.54 Å². The van der Waals surface area contributed by atoms with E-state index in [1.54, 1.807) is 6.08 Å². The van der Waals surface area contributed by atoms with Crippen LogP contribution in [0.15, 0.2) is 25.2 Å². The van der Waals surface area contributed by atoms with Gasteiger partial charge in [-0.2, -0.15) is 0 Å². The van der Waals surface area contributed by atoms with Crippen LogP contribution in [0.4, 0.5) is 4.79 Å². The Morgan fingerprint density at radius 2 is 2.40 bits per heavy atom. The van der Waals surface area contributed by atoms with E-state index in [9.17, 15) is 4.79 Å². The normalized spacial score (nSPS) is 12.3. The largest absolute Gasteiger partial charge is 0.465 e.